The maximum Gasteiger partial charge on any atom is 0.269 e. The number of aromatic nitrogens is 1. The molecule has 3 rings (SSSR count). The van der Waals surface area contributed by atoms with E-state index in [1.807, 2.05) is 48.7 Å². The highest BCUT2D eigenvalue weighted by molar-refractivity contribution is 7.71. The van der Waals surface area contributed by atoms with E-state index in [-0.39, 0.29) is 12.3 Å². The zero-order valence-corrected chi connectivity index (χ0v) is 16.2. The van der Waals surface area contributed by atoms with Crippen LogP contribution in [0.1, 0.15) is 20.3 Å². The van der Waals surface area contributed by atoms with Crippen LogP contribution in [0.5, 0.6) is 11.5 Å². The van der Waals surface area contributed by atoms with Crippen molar-refractivity contribution < 1.29 is 18.7 Å². The van der Waals surface area contributed by atoms with Crippen LogP contribution in [-0.4, -0.2) is 23.7 Å². The summed E-state index contributed by atoms with van der Waals surface area (Å²) in [7, 11) is 0. The number of oxazole rings is 1. The number of nitrogens with one attached hydrogen (secondary N) is 1. The van der Waals surface area contributed by atoms with Gasteiger partial charge in [-0.05, 0) is 50.3 Å². The molecule has 2 aromatic carbocycles. The Balaban J connectivity index is 1.72. The maximum absolute atomic E-state index is 12.5. The number of benzene rings is 2. The van der Waals surface area contributed by atoms with Crippen LogP contribution in [0.2, 0.25) is 0 Å². The van der Waals surface area contributed by atoms with E-state index in [9.17, 15) is 4.79 Å². The molecule has 0 radical (unpaired) electrons. The van der Waals surface area contributed by atoms with Gasteiger partial charge in [0.1, 0.15) is 11.5 Å². The lowest BCUT2D eigenvalue weighted by Gasteiger charge is -2.13. The minimum atomic E-state index is -0.142. The van der Waals surface area contributed by atoms with Crippen LogP contribution in [0.3, 0.4) is 0 Å². The zero-order valence-electron chi connectivity index (χ0n) is 15.4. The van der Waals surface area contributed by atoms with Crippen molar-refractivity contribution in [2.75, 3.05) is 18.5 Å². The molecule has 1 N–H and O–H groups in total. The number of ether oxygens (including phenoxy) is 2. The van der Waals surface area contributed by atoms with Gasteiger partial charge in [-0.1, -0.05) is 12.1 Å². The molecule has 1 heterocycles. The summed E-state index contributed by atoms with van der Waals surface area (Å²) in [6.45, 7) is 5.29. The summed E-state index contributed by atoms with van der Waals surface area (Å²) >= 11 is 5.26. The molecular weight excluding hydrogens is 364 g/mol. The van der Waals surface area contributed by atoms with Gasteiger partial charge in [0.2, 0.25) is 5.91 Å². The van der Waals surface area contributed by atoms with E-state index in [4.69, 9.17) is 26.1 Å². The van der Waals surface area contributed by atoms with Crippen molar-refractivity contribution in [2.45, 2.75) is 26.8 Å². The van der Waals surface area contributed by atoms with Crippen LogP contribution in [0.4, 0.5) is 5.69 Å². The number of carbonyl (C=O) groups is 1. The first-order valence-corrected chi connectivity index (χ1v) is 9.31. The van der Waals surface area contributed by atoms with Crippen LogP contribution in [0.25, 0.3) is 11.1 Å². The second-order valence-electron chi connectivity index (χ2n) is 5.81. The Morgan fingerprint density at radius 1 is 1.15 bits per heavy atom. The molecule has 1 aromatic heterocycles. The third kappa shape index (κ3) is 4.49. The van der Waals surface area contributed by atoms with E-state index in [0.717, 1.165) is 5.52 Å². The standard InChI is InChI=1S/C20H22N2O4S/c1-3-24-14-9-10-17(25-4-2)15(13-14)21-19(23)11-12-22-16-7-5-6-8-18(16)26-20(22)27/h5-10,13H,3-4,11-12H2,1-2H3,(H,21,23). The fourth-order valence-electron chi connectivity index (χ4n) is 2.80. The highest BCUT2D eigenvalue weighted by Gasteiger charge is 2.12. The number of fused-ring (bicyclic) bond motifs is 1. The molecule has 0 saturated carbocycles. The highest BCUT2D eigenvalue weighted by atomic mass is 32.1. The molecule has 3 aromatic rings. The summed E-state index contributed by atoms with van der Waals surface area (Å²) in [4.78, 5) is 12.9. The van der Waals surface area contributed by atoms with Crippen LogP contribution in [0.15, 0.2) is 46.9 Å². The summed E-state index contributed by atoms with van der Waals surface area (Å²) in [6.07, 6.45) is 0.252. The summed E-state index contributed by atoms with van der Waals surface area (Å²) in [5.74, 6) is 1.15. The second-order valence-corrected chi connectivity index (χ2v) is 6.16. The molecule has 27 heavy (non-hydrogen) atoms. The van der Waals surface area contributed by atoms with Gasteiger partial charge in [0.25, 0.3) is 4.84 Å². The third-order valence-electron chi connectivity index (χ3n) is 3.97. The van der Waals surface area contributed by atoms with Gasteiger partial charge in [-0.15, -0.1) is 0 Å². The van der Waals surface area contributed by atoms with Crippen molar-refractivity contribution in [3.63, 3.8) is 0 Å². The summed E-state index contributed by atoms with van der Waals surface area (Å²) in [5.41, 5.74) is 2.18. The van der Waals surface area contributed by atoms with Crippen molar-refractivity contribution in [3.05, 3.63) is 47.3 Å². The average Bonchev–Trinajstić information content (AvgIpc) is 2.97. The predicted molar refractivity (Wildman–Crippen MR) is 107 cm³/mol. The number of hydrogen-bond donors (Lipinski definition) is 1. The lowest BCUT2D eigenvalue weighted by Crippen LogP contribution is -2.15. The van der Waals surface area contributed by atoms with E-state index >= 15 is 0 Å². The summed E-state index contributed by atoms with van der Waals surface area (Å²) in [5, 5.41) is 2.90. The number of hydrogen-bond acceptors (Lipinski definition) is 5. The molecule has 142 valence electrons. The van der Waals surface area contributed by atoms with Crippen LogP contribution in [-0.2, 0) is 11.3 Å². The molecule has 7 heteroatoms. The largest absolute Gasteiger partial charge is 0.494 e. The van der Waals surface area contributed by atoms with Crippen LogP contribution < -0.4 is 14.8 Å². The molecule has 0 fully saturated rings. The van der Waals surface area contributed by atoms with Crippen molar-refractivity contribution in [1.29, 1.82) is 0 Å². The minimum absolute atomic E-state index is 0.142. The first-order chi connectivity index (χ1) is 13.1. The van der Waals surface area contributed by atoms with Crippen molar-refractivity contribution in [2.24, 2.45) is 0 Å². The Labute approximate surface area is 162 Å². The Bertz CT molecular complexity index is 993. The molecular formula is C20H22N2O4S. The summed E-state index contributed by atoms with van der Waals surface area (Å²) < 4.78 is 18.5. The molecule has 0 aliphatic carbocycles. The molecule has 0 aliphatic rings. The summed E-state index contributed by atoms with van der Waals surface area (Å²) in [6, 6.07) is 13.0. The van der Waals surface area contributed by atoms with E-state index < -0.39 is 0 Å². The van der Waals surface area contributed by atoms with Crippen molar-refractivity contribution in [3.8, 4) is 11.5 Å². The third-order valence-corrected chi connectivity index (χ3v) is 4.28. The van der Waals surface area contributed by atoms with Gasteiger partial charge in [-0.2, -0.15) is 0 Å². The molecule has 0 unspecified atom stereocenters. The van der Waals surface area contributed by atoms with Gasteiger partial charge < -0.3 is 19.2 Å². The van der Waals surface area contributed by atoms with Gasteiger partial charge in [0, 0.05) is 19.0 Å². The predicted octanol–water partition coefficient (Wildman–Crippen LogP) is 4.79. The number of para-hydroxylation sites is 2. The molecule has 0 saturated heterocycles. The van der Waals surface area contributed by atoms with Gasteiger partial charge in [0.15, 0.2) is 5.58 Å². The van der Waals surface area contributed by atoms with Gasteiger partial charge in [0.05, 0.1) is 24.4 Å². The molecule has 6 nitrogen and oxygen atoms in total. The van der Waals surface area contributed by atoms with Crippen molar-refractivity contribution in [1.82, 2.24) is 4.57 Å². The van der Waals surface area contributed by atoms with Crippen molar-refractivity contribution >= 4 is 34.9 Å². The maximum atomic E-state index is 12.5. The molecule has 0 spiro atoms. The lowest BCUT2D eigenvalue weighted by atomic mass is 10.2. The minimum Gasteiger partial charge on any atom is -0.494 e. The van der Waals surface area contributed by atoms with Gasteiger partial charge >= 0.3 is 0 Å². The van der Waals surface area contributed by atoms with E-state index in [2.05, 4.69) is 5.32 Å². The normalized spacial score (nSPS) is 10.7. The van der Waals surface area contributed by atoms with E-state index in [0.29, 0.717) is 47.4 Å². The second kappa shape index (κ2) is 8.73. The lowest BCUT2D eigenvalue weighted by molar-refractivity contribution is -0.116. The quantitative estimate of drug-likeness (QED) is 0.564. The van der Waals surface area contributed by atoms with Crippen LogP contribution >= 0.6 is 12.2 Å². The first-order valence-electron chi connectivity index (χ1n) is 8.90. The topological polar surface area (TPSA) is 65.6 Å². The Morgan fingerprint density at radius 3 is 2.70 bits per heavy atom. The fraction of sp³-hybridized carbons (Fsp3) is 0.300. The Hall–Kier alpha value is -2.80. The number of nitrogens with zero attached hydrogens (tertiary/aromatic N) is 1. The highest BCUT2D eigenvalue weighted by Crippen LogP contribution is 2.29. The SMILES string of the molecule is CCOc1ccc(OCC)c(NC(=O)CCn2c(=S)oc3ccccc32)c1. The fourth-order valence-corrected chi connectivity index (χ4v) is 3.08. The molecule has 0 aliphatic heterocycles. The number of amides is 1. The Morgan fingerprint density at radius 2 is 1.93 bits per heavy atom. The number of rotatable bonds is 8. The molecule has 1 amide bonds. The van der Waals surface area contributed by atoms with E-state index in [1.165, 1.54) is 0 Å². The van der Waals surface area contributed by atoms with Gasteiger partial charge in [-0.25, -0.2) is 0 Å². The number of carbonyl (C=O) groups excluding carboxylic acids is 1. The zero-order chi connectivity index (χ0) is 19.2. The van der Waals surface area contributed by atoms with Crippen LogP contribution in [0, 0.1) is 4.84 Å². The first kappa shape index (κ1) is 19.0. The molecule has 0 bridgehead atoms. The van der Waals surface area contributed by atoms with Gasteiger partial charge in [-0.3, -0.25) is 9.36 Å². The van der Waals surface area contributed by atoms with E-state index in [1.54, 1.807) is 12.1 Å². The monoisotopic (exact) mass is 386 g/mol. The number of anilines is 1. The molecule has 0 atom stereocenters. The average molecular weight is 386 g/mol. The smallest absolute Gasteiger partial charge is 0.269 e. The Kier molecular flexibility index (Phi) is 6.13. The number of aryl methyl sites for hydroxylation is 1.